The van der Waals surface area contributed by atoms with Gasteiger partial charge in [-0.05, 0) is 37.3 Å². The fraction of sp³-hybridized carbons (Fsp3) is 0.414. The summed E-state index contributed by atoms with van der Waals surface area (Å²) in [7, 11) is 1.33. The number of likely N-dealkylation sites (tertiary alicyclic amines) is 1. The quantitative estimate of drug-likeness (QED) is 0.206. The smallest absolute Gasteiger partial charge is 0.315 e. The van der Waals surface area contributed by atoms with E-state index in [9.17, 15) is 19.7 Å². The molecule has 2 atom stereocenters. The van der Waals surface area contributed by atoms with Gasteiger partial charge in [0, 0.05) is 49.4 Å². The van der Waals surface area contributed by atoms with E-state index >= 15 is 0 Å². The number of methoxy groups -OCH3 is 1. The molecule has 0 aliphatic carbocycles. The molecular weight excluding hydrogens is 484 g/mol. The van der Waals surface area contributed by atoms with Crippen LogP contribution in [0.3, 0.4) is 0 Å². The number of nitro groups is 1. The van der Waals surface area contributed by atoms with Crippen molar-refractivity contribution >= 4 is 23.8 Å². The van der Waals surface area contributed by atoms with E-state index in [1.807, 2.05) is 25.1 Å². The van der Waals surface area contributed by atoms with Crippen LogP contribution < -0.4 is 0 Å². The van der Waals surface area contributed by atoms with E-state index in [-0.39, 0.29) is 11.7 Å². The van der Waals surface area contributed by atoms with Gasteiger partial charge in [-0.25, -0.2) is 0 Å². The molecule has 2 aliphatic heterocycles. The normalized spacial score (nSPS) is 20.6. The summed E-state index contributed by atoms with van der Waals surface area (Å²) in [5, 5.41) is 11.3. The molecule has 9 heteroatoms. The Labute approximate surface area is 222 Å². The summed E-state index contributed by atoms with van der Waals surface area (Å²) in [4.78, 5) is 45.5. The second kappa shape index (κ2) is 12.1. The van der Waals surface area contributed by atoms with Crippen LogP contribution in [0.25, 0.3) is 0 Å². The van der Waals surface area contributed by atoms with Crippen LogP contribution in [-0.2, 0) is 20.9 Å². The molecule has 0 aromatic heterocycles. The Bertz CT molecular complexity index is 1220. The first-order valence-electron chi connectivity index (χ1n) is 13.0. The van der Waals surface area contributed by atoms with Crippen molar-refractivity contribution in [2.45, 2.75) is 51.6 Å². The largest absolute Gasteiger partial charge is 0.468 e. The summed E-state index contributed by atoms with van der Waals surface area (Å²) in [6.07, 6.45) is 2.99. The van der Waals surface area contributed by atoms with Gasteiger partial charge in [-0.1, -0.05) is 49.4 Å². The van der Waals surface area contributed by atoms with Gasteiger partial charge < -0.3 is 9.64 Å². The van der Waals surface area contributed by atoms with Crippen LogP contribution in [0.1, 0.15) is 50.2 Å². The Morgan fingerprint density at radius 3 is 2.37 bits per heavy atom. The lowest BCUT2D eigenvalue weighted by Gasteiger charge is -2.42. The lowest BCUT2D eigenvalue weighted by molar-refractivity contribution is -0.384. The van der Waals surface area contributed by atoms with Crippen LogP contribution >= 0.6 is 0 Å². The zero-order chi connectivity index (χ0) is 27.2. The molecule has 2 aromatic carbocycles. The van der Waals surface area contributed by atoms with E-state index in [0.29, 0.717) is 23.4 Å². The van der Waals surface area contributed by atoms with Gasteiger partial charge in [-0.3, -0.25) is 29.6 Å². The zero-order valence-corrected chi connectivity index (χ0v) is 22.1. The molecule has 200 valence electrons. The summed E-state index contributed by atoms with van der Waals surface area (Å²) in [6.45, 7) is 6.30. The molecule has 1 saturated heterocycles. The first-order chi connectivity index (χ1) is 18.4. The van der Waals surface area contributed by atoms with E-state index < -0.39 is 22.7 Å². The van der Waals surface area contributed by atoms with Crippen LogP contribution in [0.2, 0.25) is 0 Å². The second-order valence-electron chi connectivity index (χ2n) is 9.77. The Hall–Kier alpha value is -3.85. The number of piperidine rings is 1. The van der Waals surface area contributed by atoms with Crippen molar-refractivity contribution in [2.75, 3.05) is 20.2 Å². The maximum atomic E-state index is 13.0. The molecule has 2 heterocycles. The van der Waals surface area contributed by atoms with Gasteiger partial charge in [-0.15, -0.1) is 0 Å². The topological polar surface area (TPSA) is 105 Å². The second-order valence-corrected chi connectivity index (χ2v) is 9.77. The number of nitrogens with zero attached hydrogens (tertiary/aromatic N) is 4. The Morgan fingerprint density at radius 2 is 1.82 bits per heavy atom. The Morgan fingerprint density at radius 1 is 1.16 bits per heavy atom. The van der Waals surface area contributed by atoms with Crippen LogP contribution in [0.4, 0.5) is 5.69 Å². The number of nitro benzene ring substituents is 1. The molecule has 0 spiro atoms. The van der Waals surface area contributed by atoms with Crippen molar-refractivity contribution in [2.24, 2.45) is 10.9 Å². The fourth-order valence-electron chi connectivity index (χ4n) is 5.61. The average molecular weight is 519 g/mol. The van der Waals surface area contributed by atoms with Crippen LogP contribution in [-0.4, -0.2) is 59.1 Å². The summed E-state index contributed by atoms with van der Waals surface area (Å²) in [6, 6.07) is 16.5. The minimum atomic E-state index is -0.743. The predicted molar refractivity (Wildman–Crippen MR) is 144 cm³/mol. The van der Waals surface area contributed by atoms with Crippen molar-refractivity contribution in [3.63, 3.8) is 0 Å². The lowest BCUT2D eigenvalue weighted by atomic mass is 9.77. The maximum Gasteiger partial charge on any atom is 0.315 e. The van der Waals surface area contributed by atoms with E-state index in [4.69, 9.17) is 9.73 Å². The number of rotatable bonds is 9. The summed E-state index contributed by atoms with van der Waals surface area (Å²) >= 11 is 0. The third-order valence-electron chi connectivity index (χ3n) is 7.53. The highest BCUT2D eigenvalue weighted by Gasteiger charge is 2.43. The molecular formula is C29H34N4O5. The van der Waals surface area contributed by atoms with Gasteiger partial charge in [0.1, 0.15) is 5.92 Å². The van der Waals surface area contributed by atoms with Crippen molar-refractivity contribution in [3.05, 3.63) is 87.2 Å². The molecule has 0 N–H and O–H groups in total. The van der Waals surface area contributed by atoms with Crippen LogP contribution in [0.15, 0.2) is 71.0 Å². The first-order valence-corrected chi connectivity index (χ1v) is 13.0. The number of benzene rings is 2. The molecule has 1 amide bonds. The summed E-state index contributed by atoms with van der Waals surface area (Å²) in [5.41, 5.74) is 3.94. The SMILES string of the molecule is CCC1=C(N(C=O)C2CCN(Cc3ccccc3)CC2)C(c2ccc([N+](=O)[O-])cc2)C(C(=O)OC)C(C)=N1. The van der Waals surface area contributed by atoms with Gasteiger partial charge in [0.05, 0.1) is 23.4 Å². The standard InChI is InChI=1S/C29H34N4O5/c1-4-25-28(32(19-34)23-14-16-31(17-15-23)18-21-8-6-5-7-9-21)27(26(20(2)30-25)29(35)38-3)22-10-12-24(13-11-22)33(36)37/h5-13,19,23,26-27H,4,14-18H2,1-3H3. The Kier molecular flexibility index (Phi) is 8.68. The van der Waals surface area contributed by atoms with Crippen molar-refractivity contribution < 1.29 is 19.2 Å². The molecule has 4 rings (SSSR count). The molecule has 9 nitrogen and oxygen atoms in total. The van der Waals surface area contributed by atoms with Gasteiger partial charge in [0.15, 0.2) is 0 Å². The number of carbonyl (C=O) groups excluding carboxylic acids is 2. The summed E-state index contributed by atoms with van der Waals surface area (Å²) in [5.74, 6) is -1.75. The van der Waals surface area contributed by atoms with E-state index in [0.717, 1.165) is 44.6 Å². The van der Waals surface area contributed by atoms with Crippen LogP contribution in [0, 0.1) is 16.0 Å². The summed E-state index contributed by atoms with van der Waals surface area (Å²) < 4.78 is 5.16. The number of esters is 1. The third kappa shape index (κ3) is 5.67. The number of amides is 1. The highest BCUT2D eigenvalue weighted by molar-refractivity contribution is 6.03. The van der Waals surface area contributed by atoms with Crippen molar-refractivity contribution in [3.8, 4) is 0 Å². The number of carbonyl (C=O) groups is 2. The zero-order valence-electron chi connectivity index (χ0n) is 22.1. The van der Waals surface area contributed by atoms with E-state index in [1.54, 1.807) is 24.0 Å². The van der Waals surface area contributed by atoms with Gasteiger partial charge in [0.2, 0.25) is 6.41 Å². The number of non-ortho nitro benzene ring substituents is 1. The molecule has 38 heavy (non-hydrogen) atoms. The van der Waals surface area contributed by atoms with Crippen LogP contribution in [0.5, 0.6) is 0 Å². The first kappa shape index (κ1) is 27.2. The lowest BCUT2D eigenvalue weighted by Crippen LogP contribution is -2.47. The molecule has 0 bridgehead atoms. The van der Waals surface area contributed by atoms with Gasteiger partial charge >= 0.3 is 5.97 Å². The fourth-order valence-corrected chi connectivity index (χ4v) is 5.61. The van der Waals surface area contributed by atoms with E-state index in [1.165, 1.54) is 24.8 Å². The average Bonchev–Trinajstić information content (AvgIpc) is 2.94. The van der Waals surface area contributed by atoms with Gasteiger partial charge in [-0.2, -0.15) is 0 Å². The van der Waals surface area contributed by atoms with Crippen molar-refractivity contribution in [1.82, 2.24) is 9.80 Å². The molecule has 2 aliphatic rings. The van der Waals surface area contributed by atoms with E-state index in [2.05, 4.69) is 17.0 Å². The number of ether oxygens (including phenoxy) is 1. The minimum Gasteiger partial charge on any atom is -0.468 e. The highest BCUT2D eigenvalue weighted by Crippen LogP contribution is 2.43. The number of allylic oxidation sites excluding steroid dienone is 2. The number of hydrogen-bond acceptors (Lipinski definition) is 7. The Balaban J connectivity index is 1.68. The molecule has 0 radical (unpaired) electrons. The molecule has 2 unspecified atom stereocenters. The van der Waals surface area contributed by atoms with Gasteiger partial charge in [0.25, 0.3) is 5.69 Å². The predicted octanol–water partition coefficient (Wildman–Crippen LogP) is 4.69. The highest BCUT2D eigenvalue weighted by atomic mass is 16.6. The molecule has 2 aromatic rings. The van der Waals surface area contributed by atoms with Crippen molar-refractivity contribution in [1.29, 1.82) is 0 Å². The minimum absolute atomic E-state index is 0.0381. The third-order valence-corrected chi connectivity index (χ3v) is 7.53. The molecule has 0 saturated carbocycles. The maximum absolute atomic E-state index is 13.0. The number of hydrogen-bond donors (Lipinski definition) is 0. The monoisotopic (exact) mass is 518 g/mol. The number of aliphatic imine (C=N–C) groups is 1. The molecule has 1 fully saturated rings.